The molecule has 0 bridgehead atoms. The van der Waals surface area contributed by atoms with Gasteiger partial charge in [-0.1, -0.05) is 12.1 Å². The van der Waals surface area contributed by atoms with Gasteiger partial charge in [0.15, 0.2) is 11.2 Å². The van der Waals surface area contributed by atoms with E-state index in [1.54, 1.807) is 18.3 Å². The molecule has 0 unspecified atom stereocenters. The number of ether oxygens (including phenoxy) is 2. The van der Waals surface area contributed by atoms with E-state index in [4.69, 9.17) is 13.9 Å². The fourth-order valence-corrected chi connectivity index (χ4v) is 3.91. The van der Waals surface area contributed by atoms with Crippen molar-refractivity contribution < 1.29 is 18.3 Å². The van der Waals surface area contributed by atoms with Crippen LogP contribution in [-0.2, 0) is 4.74 Å². The number of nitrogens with zero attached hydrogens (tertiary/aromatic N) is 4. The second-order valence-electron chi connectivity index (χ2n) is 8.45. The van der Waals surface area contributed by atoms with Crippen LogP contribution in [0.25, 0.3) is 33.8 Å². The Bertz CT molecular complexity index is 1270. The Hall–Kier alpha value is -3.49. The largest absolute Gasteiger partial charge is 0.492 e. The predicted molar refractivity (Wildman–Crippen MR) is 130 cm³/mol. The Morgan fingerprint density at radius 1 is 1.03 bits per heavy atom. The SMILES string of the molecule is CN(C)c1ccc(F)c(-c2nc3ncc(-c4ccc(OCCN5CCOCC5)cc4)cc3o2)c1. The van der Waals surface area contributed by atoms with Crippen LogP contribution < -0.4 is 9.64 Å². The van der Waals surface area contributed by atoms with Crippen molar-refractivity contribution in [2.45, 2.75) is 0 Å². The topological polar surface area (TPSA) is 63.9 Å². The molecule has 8 heteroatoms. The van der Waals surface area contributed by atoms with Gasteiger partial charge in [-0.15, -0.1) is 0 Å². The van der Waals surface area contributed by atoms with Gasteiger partial charge in [0.25, 0.3) is 0 Å². The Balaban J connectivity index is 1.30. The zero-order chi connectivity index (χ0) is 23.5. The number of oxazole rings is 1. The smallest absolute Gasteiger partial charge is 0.231 e. The standard InChI is InChI=1S/C26H27FN4O3/c1-30(2)20-5-8-23(27)22(16-20)26-29-25-24(34-26)15-19(17-28-25)18-3-6-21(7-4-18)33-14-11-31-9-12-32-13-10-31/h3-8,15-17H,9-14H2,1-2H3. The van der Waals surface area contributed by atoms with Crippen molar-refractivity contribution in [3.8, 4) is 28.3 Å². The first-order valence-corrected chi connectivity index (χ1v) is 11.3. The van der Waals surface area contributed by atoms with E-state index in [1.165, 1.54) is 6.07 Å². The molecule has 1 saturated heterocycles. The summed E-state index contributed by atoms with van der Waals surface area (Å²) in [6, 6.07) is 14.6. The molecule has 4 aromatic rings. The first-order valence-electron chi connectivity index (χ1n) is 11.3. The molecule has 0 radical (unpaired) electrons. The Labute approximate surface area is 197 Å². The second kappa shape index (κ2) is 9.79. The lowest BCUT2D eigenvalue weighted by Crippen LogP contribution is -2.38. The lowest BCUT2D eigenvalue weighted by atomic mass is 10.1. The molecule has 0 aliphatic carbocycles. The third-order valence-corrected chi connectivity index (χ3v) is 5.91. The van der Waals surface area contributed by atoms with E-state index in [-0.39, 0.29) is 11.7 Å². The molecule has 5 rings (SSSR count). The number of benzene rings is 2. The van der Waals surface area contributed by atoms with Gasteiger partial charge in [0.05, 0.1) is 18.8 Å². The van der Waals surface area contributed by atoms with E-state index in [1.807, 2.05) is 49.3 Å². The van der Waals surface area contributed by atoms with Gasteiger partial charge in [-0.25, -0.2) is 9.37 Å². The van der Waals surface area contributed by atoms with Gasteiger partial charge < -0.3 is 18.8 Å². The van der Waals surface area contributed by atoms with E-state index in [9.17, 15) is 4.39 Å². The maximum absolute atomic E-state index is 14.5. The maximum Gasteiger partial charge on any atom is 0.231 e. The summed E-state index contributed by atoms with van der Waals surface area (Å²) in [5, 5.41) is 0. The molecular formula is C26H27FN4O3. The number of anilines is 1. The highest BCUT2D eigenvalue weighted by Crippen LogP contribution is 2.31. The minimum atomic E-state index is -0.387. The number of rotatable bonds is 7. The number of pyridine rings is 1. The highest BCUT2D eigenvalue weighted by Gasteiger charge is 2.16. The normalized spacial score (nSPS) is 14.4. The first-order chi connectivity index (χ1) is 16.6. The van der Waals surface area contributed by atoms with Gasteiger partial charge in [-0.05, 0) is 42.0 Å². The van der Waals surface area contributed by atoms with E-state index in [0.29, 0.717) is 23.4 Å². The van der Waals surface area contributed by atoms with Crippen LogP contribution in [0.4, 0.5) is 10.1 Å². The average Bonchev–Trinajstić information content (AvgIpc) is 3.28. The summed E-state index contributed by atoms with van der Waals surface area (Å²) in [6.45, 7) is 5.01. The maximum atomic E-state index is 14.5. The van der Waals surface area contributed by atoms with Gasteiger partial charge in [0, 0.05) is 51.2 Å². The molecule has 0 spiro atoms. The lowest BCUT2D eigenvalue weighted by molar-refractivity contribution is 0.0322. The van der Waals surface area contributed by atoms with Gasteiger partial charge >= 0.3 is 0 Å². The van der Waals surface area contributed by atoms with Crippen LogP contribution in [-0.4, -0.2) is 68.4 Å². The lowest BCUT2D eigenvalue weighted by Gasteiger charge is -2.26. The summed E-state index contributed by atoms with van der Waals surface area (Å²) in [5.74, 6) is 0.649. The Morgan fingerprint density at radius 3 is 2.59 bits per heavy atom. The molecule has 2 aromatic heterocycles. The number of hydrogen-bond donors (Lipinski definition) is 0. The first kappa shape index (κ1) is 22.3. The summed E-state index contributed by atoms with van der Waals surface area (Å²) < 4.78 is 31.6. The van der Waals surface area contributed by atoms with Crippen LogP contribution in [0.1, 0.15) is 0 Å². The molecule has 0 amide bonds. The number of halogens is 1. The van der Waals surface area contributed by atoms with Crippen molar-refractivity contribution >= 4 is 16.9 Å². The van der Waals surface area contributed by atoms with E-state index in [2.05, 4.69) is 14.9 Å². The molecule has 2 aromatic carbocycles. The Kier molecular flexibility index (Phi) is 6.42. The summed E-state index contributed by atoms with van der Waals surface area (Å²) in [5.41, 5.74) is 3.99. The quantitative estimate of drug-likeness (QED) is 0.401. The van der Waals surface area contributed by atoms with Crippen LogP contribution in [0.5, 0.6) is 5.75 Å². The van der Waals surface area contributed by atoms with E-state index < -0.39 is 0 Å². The minimum Gasteiger partial charge on any atom is -0.492 e. The third-order valence-electron chi connectivity index (χ3n) is 5.91. The molecule has 0 N–H and O–H groups in total. The summed E-state index contributed by atoms with van der Waals surface area (Å²) in [4.78, 5) is 13.1. The van der Waals surface area contributed by atoms with E-state index in [0.717, 1.165) is 55.4 Å². The molecule has 176 valence electrons. The minimum absolute atomic E-state index is 0.213. The Morgan fingerprint density at radius 2 is 1.82 bits per heavy atom. The molecular weight excluding hydrogens is 435 g/mol. The van der Waals surface area contributed by atoms with Crippen LogP contribution >= 0.6 is 0 Å². The van der Waals surface area contributed by atoms with Gasteiger partial charge in [0.1, 0.15) is 18.2 Å². The number of fused-ring (bicyclic) bond motifs is 1. The predicted octanol–water partition coefficient (Wildman–Crippen LogP) is 4.47. The number of hydrogen-bond acceptors (Lipinski definition) is 7. The highest BCUT2D eigenvalue weighted by molar-refractivity contribution is 5.79. The summed E-state index contributed by atoms with van der Waals surface area (Å²) in [6.07, 6.45) is 1.75. The van der Waals surface area contributed by atoms with Gasteiger partial charge in [-0.3, -0.25) is 4.90 Å². The van der Waals surface area contributed by atoms with Crippen molar-refractivity contribution in [1.29, 1.82) is 0 Å². The average molecular weight is 463 g/mol. The fourth-order valence-electron chi connectivity index (χ4n) is 3.91. The summed E-state index contributed by atoms with van der Waals surface area (Å²) in [7, 11) is 3.80. The zero-order valence-corrected chi connectivity index (χ0v) is 19.3. The molecule has 1 aliphatic heterocycles. The second-order valence-corrected chi connectivity index (χ2v) is 8.45. The molecule has 3 heterocycles. The molecule has 7 nitrogen and oxygen atoms in total. The monoisotopic (exact) mass is 462 g/mol. The van der Waals surface area contributed by atoms with Crippen LogP contribution in [0.3, 0.4) is 0 Å². The molecule has 0 atom stereocenters. The molecule has 34 heavy (non-hydrogen) atoms. The van der Waals surface area contributed by atoms with Crippen molar-refractivity contribution in [3.05, 3.63) is 60.5 Å². The van der Waals surface area contributed by atoms with Crippen LogP contribution in [0, 0.1) is 5.82 Å². The fraction of sp³-hybridized carbons (Fsp3) is 0.308. The van der Waals surface area contributed by atoms with Crippen molar-refractivity contribution in [3.63, 3.8) is 0 Å². The van der Waals surface area contributed by atoms with Crippen molar-refractivity contribution in [2.24, 2.45) is 0 Å². The number of morpholine rings is 1. The molecule has 1 fully saturated rings. The van der Waals surface area contributed by atoms with Gasteiger partial charge in [0.2, 0.25) is 5.89 Å². The third kappa shape index (κ3) is 4.88. The zero-order valence-electron chi connectivity index (χ0n) is 19.3. The number of aromatic nitrogens is 2. The highest BCUT2D eigenvalue weighted by atomic mass is 19.1. The van der Waals surface area contributed by atoms with Crippen LogP contribution in [0.2, 0.25) is 0 Å². The molecule has 0 saturated carbocycles. The van der Waals surface area contributed by atoms with Gasteiger partial charge in [-0.2, -0.15) is 4.98 Å². The van der Waals surface area contributed by atoms with Crippen molar-refractivity contribution in [2.75, 3.05) is 58.5 Å². The molecule has 1 aliphatic rings. The van der Waals surface area contributed by atoms with E-state index >= 15 is 0 Å². The van der Waals surface area contributed by atoms with Crippen LogP contribution in [0.15, 0.2) is 59.1 Å². The summed E-state index contributed by atoms with van der Waals surface area (Å²) >= 11 is 0. The van der Waals surface area contributed by atoms with Crippen molar-refractivity contribution in [1.82, 2.24) is 14.9 Å².